The SMILES string of the molecule is CCC[C@H]1O[C@@](O[Si](C)(C)C)(c2ccccc2)[C@H](P(=O)(c2ccccc2)c2ccccc2)[C@@H]1C. The smallest absolute Gasteiger partial charge is 0.196 e. The van der Waals surface area contributed by atoms with Crippen LogP contribution in [0.5, 0.6) is 0 Å². The molecule has 4 rings (SSSR count). The molecule has 1 aliphatic rings. The molecule has 0 spiro atoms. The molecule has 1 heterocycles. The quantitative estimate of drug-likeness (QED) is 0.253. The summed E-state index contributed by atoms with van der Waals surface area (Å²) in [5, 5.41) is 1.72. The van der Waals surface area contributed by atoms with E-state index in [1.807, 2.05) is 78.9 Å². The number of hydrogen-bond donors (Lipinski definition) is 0. The third-order valence-corrected chi connectivity index (χ3v) is 11.3. The second-order valence-electron chi connectivity index (χ2n) is 10.3. The molecular formula is C29H37O3PSi. The van der Waals surface area contributed by atoms with Gasteiger partial charge in [0.15, 0.2) is 21.2 Å². The van der Waals surface area contributed by atoms with Crippen LogP contribution in [0.25, 0.3) is 0 Å². The molecule has 34 heavy (non-hydrogen) atoms. The molecule has 3 nitrogen and oxygen atoms in total. The van der Waals surface area contributed by atoms with Crippen molar-refractivity contribution in [1.29, 1.82) is 0 Å². The molecule has 5 heteroatoms. The zero-order valence-corrected chi connectivity index (χ0v) is 22.9. The highest BCUT2D eigenvalue weighted by atomic mass is 31.2. The fraction of sp³-hybridized carbons (Fsp3) is 0.379. The molecule has 3 aromatic carbocycles. The van der Waals surface area contributed by atoms with Crippen molar-refractivity contribution >= 4 is 26.1 Å². The third kappa shape index (κ3) is 4.62. The maximum absolute atomic E-state index is 15.7. The number of benzene rings is 3. The van der Waals surface area contributed by atoms with Crippen LogP contribution in [-0.4, -0.2) is 20.1 Å². The first-order valence-electron chi connectivity index (χ1n) is 12.4. The van der Waals surface area contributed by atoms with Crippen molar-refractivity contribution in [1.82, 2.24) is 0 Å². The summed E-state index contributed by atoms with van der Waals surface area (Å²) in [4.78, 5) is 0. The van der Waals surface area contributed by atoms with Gasteiger partial charge in [-0.3, -0.25) is 0 Å². The summed E-state index contributed by atoms with van der Waals surface area (Å²) in [7, 11) is -5.32. The molecule has 0 saturated carbocycles. The van der Waals surface area contributed by atoms with Gasteiger partial charge in [0.1, 0.15) is 0 Å². The van der Waals surface area contributed by atoms with Crippen LogP contribution in [0.1, 0.15) is 32.3 Å². The summed E-state index contributed by atoms with van der Waals surface area (Å²) < 4.78 is 29.8. The van der Waals surface area contributed by atoms with E-state index in [1.165, 1.54) is 0 Å². The second-order valence-corrected chi connectivity index (χ2v) is 17.7. The summed E-state index contributed by atoms with van der Waals surface area (Å²) in [5.41, 5.74) is 0.607. The van der Waals surface area contributed by atoms with Crippen LogP contribution < -0.4 is 10.6 Å². The Morgan fingerprint density at radius 3 is 1.76 bits per heavy atom. The summed E-state index contributed by atoms with van der Waals surface area (Å²) >= 11 is 0. The molecule has 4 atom stereocenters. The Balaban J connectivity index is 2.05. The van der Waals surface area contributed by atoms with Gasteiger partial charge in [0.25, 0.3) is 0 Å². The van der Waals surface area contributed by atoms with E-state index < -0.39 is 21.2 Å². The lowest BCUT2D eigenvalue weighted by atomic mass is 9.93. The monoisotopic (exact) mass is 492 g/mol. The minimum atomic E-state index is -3.19. The maximum Gasteiger partial charge on any atom is 0.196 e. The number of ether oxygens (including phenoxy) is 1. The molecule has 180 valence electrons. The lowest BCUT2D eigenvalue weighted by Crippen LogP contribution is -2.50. The minimum Gasteiger partial charge on any atom is -0.387 e. The van der Waals surface area contributed by atoms with Crippen molar-refractivity contribution in [2.24, 2.45) is 5.92 Å². The van der Waals surface area contributed by atoms with Gasteiger partial charge in [0, 0.05) is 16.2 Å². The minimum absolute atomic E-state index is 0.0349. The van der Waals surface area contributed by atoms with Gasteiger partial charge in [-0.15, -0.1) is 0 Å². The van der Waals surface area contributed by atoms with Gasteiger partial charge in [-0.2, -0.15) is 0 Å². The van der Waals surface area contributed by atoms with E-state index in [9.17, 15) is 0 Å². The Morgan fingerprint density at radius 2 is 1.32 bits per heavy atom. The predicted molar refractivity (Wildman–Crippen MR) is 145 cm³/mol. The second kappa shape index (κ2) is 9.95. The summed E-state index contributed by atoms with van der Waals surface area (Å²) in [6.07, 6.45) is 1.87. The van der Waals surface area contributed by atoms with E-state index in [-0.39, 0.29) is 17.7 Å². The number of hydrogen-bond acceptors (Lipinski definition) is 3. The molecule has 0 aromatic heterocycles. The maximum atomic E-state index is 15.7. The van der Waals surface area contributed by atoms with Crippen LogP contribution in [0.15, 0.2) is 91.0 Å². The molecule has 0 amide bonds. The molecule has 0 aliphatic carbocycles. The van der Waals surface area contributed by atoms with E-state index in [4.69, 9.17) is 9.16 Å². The summed E-state index contributed by atoms with van der Waals surface area (Å²) in [6.45, 7) is 11.0. The summed E-state index contributed by atoms with van der Waals surface area (Å²) in [5.74, 6) is -1.03. The van der Waals surface area contributed by atoms with Gasteiger partial charge in [0.05, 0.1) is 11.8 Å². The highest BCUT2D eigenvalue weighted by Gasteiger charge is 2.63. The first-order chi connectivity index (χ1) is 16.2. The van der Waals surface area contributed by atoms with E-state index in [0.29, 0.717) is 0 Å². The van der Waals surface area contributed by atoms with Gasteiger partial charge in [-0.25, -0.2) is 0 Å². The normalized spacial score (nSPS) is 25.4. The Kier molecular flexibility index (Phi) is 7.35. The van der Waals surface area contributed by atoms with E-state index in [2.05, 4.69) is 45.6 Å². The Hall–Kier alpha value is -1.97. The fourth-order valence-electron chi connectivity index (χ4n) is 5.40. The van der Waals surface area contributed by atoms with Crippen molar-refractivity contribution in [3.05, 3.63) is 96.6 Å². The molecule has 0 unspecified atom stereocenters. The van der Waals surface area contributed by atoms with Crippen LogP contribution in [0, 0.1) is 5.92 Å². The van der Waals surface area contributed by atoms with Crippen LogP contribution in [-0.2, 0) is 19.5 Å². The Bertz CT molecular complexity index is 1070. The van der Waals surface area contributed by atoms with Gasteiger partial charge >= 0.3 is 0 Å². The fourth-order valence-corrected chi connectivity index (χ4v) is 10.5. The number of rotatable bonds is 8. The topological polar surface area (TPSA) is 35.5 Å². The third-order valence-electron chi connectivity index (χ3n) is 6.68. The largest absolute Gasteiger partial charge is 0.387 e. The zero-order chi connectivity index (χ0) is 24.4. The van der Waals surface area contributed by atoms with Crippen molar-refractivity contribution in [2.45, 2.75) is 63.9 Å². The standard InChI is InChI=1S/C29H37O3PSi/c1-6-16-27-23(2)28(29(31-27,32-34(3,4)5)24-17-10-7-11-18-24)33(30,25-19-12-8-13-20-25)26-21-14-9-15-22-26/h7-15,17-23,27-28H,6,16H2,1-5H3/t23-,27-,28-,29-/m1/s1. The molecule has 0 N–H and O–H groups in total. The van der Waals surface area contributed by atoms with E-state index >= 15 is 4.57 Å². The lowest BCUT2D eigenvalue weighted by molar-refractivity contribution is -0.186. The predicted octanol–water partition coefficient (Wildman–Crippen LogP) is 6.91. The first-order valence-corrected chi connectivity index (χ1v) is 17.6. The van der Waals surface area contributed by atoms with Crippen LogP contribution in [0.3, 0.4) is 0 Å². The Labute approximate surface area is 206 Å². The Morgan fingerprint density at radius 1 is 0.853 bits per heavy atom. The van der Waals surface area contributed by atoms with Gasteiger partial charge in [0.2, 0.25) is 0 Å². The average Bonchev–Trinajstić information content (AvgIpc) is 3.11. The molecular weight excluding hydrogens is 455 g/mol. The average molecular weight is 493 g/mol. The zero-order valence-electron chi connectivity index (χ0n) is 21.0. The lowest BCUT2D eigenvalue weighted by Gasteiger charge is -2.43. The first kappa shape index (κ1) is 25.1. The highest BCUT2D eigenvalue weighted by Crippen LogP contribution is 2.64. The van der Waals surface area contributed by atoms with Gasteiger partial charge < -0.3 is 13.7 Å². The van der Waals surface area contributed by atoms with E-state index in [1.54, 1.807) is 0 Å². The molecule has 1 saturated heterocycles. The molecule has 0 bridgehead atoms. The molecule has 1 aliphatic heterocycles. The molecule has 3 aromatic rings. The van der Waals surface area contributed by atoms with E-state index in [0.717, 1.165) is 29.0 Å². The van der Waals surface area contributed by atoms with Crippen LogP contribution in [0.4, 0.5) is 0 Å². The van der Waals surface area contributed by atoms with Crippen molar-refractivity contribution in [2.75, 3.05) is 0 Å². The molecule has 1 fully saturated rings. The van der Waals surface area contributed by atoms with Gasteiger partial charge in [-0.1, -0.05) is 111 Å². The summed E-state index contributed by atoms with van der Waals surface area (Å²) in [6, 6.07) is 30.2. The van der Waals surface area contributed by atoms with Crippen LogP contribution in [0.2, 0.25) is 19.6 Å². The van der Waals surface area contributed by atoms with Crippen molar-refractivity contribution in [3.63, 3.8) is 0 Å². The van der Waals surface area contributed by atoms with Crippen molar-refractivity contribution in [3.8, 4) is 0 Å². The van der Waals surface area contributed by atoms with Crippen LogP contribution >= 0.6 is 7.14 Å². The van der Waals surface area contributed by atoms with Gasteiger partial charge in [-0.05, 0) is 32.0 Å². The van der Waals surface area contributed by atoms with Crippen molar-refractivity contribution < 1.29 is 13.7 Å². The highest BCUT2D eigenvalue weighted by molar-refractivity contribution is 7.79. The molecule has 0 radical (unpaired) electrons.